The number of hydrogen-bond donors (Lipinski definition) is 1. The highest BCUT2D eigenvalue weighted by atomic mass is 16.5. The smallest absolute Gasteiger partial charge is 0.341 e. The second-order valence-corrected chi connectivity index (χ2v) is 8.44. The molecule has 2 aromatic carbocycles. The molecule has 0 bridgehead atoms. The van der Waals surface area contributed by atoms with E-state index in [-0.39, 0.29) is 11.0 Å². The van der Waals surface area contributed by atoms with Crippen LogP contribution in [0.4, 0.5) is 0 Å². The van der Waals surface area contributed by atoms with Crippen LogP contribution < -0.4 is 10.4 Å². The quantitative estimate of drug-likeness (QED) is 0.631. The highest BCUT2D eigenvalue weighted by molar-refractivity contribution is 5.88. The molecule has 0 saturated heterocycles. The predicted molar refractivity (Wildman–Crippen MR) is 113 cm³/mol. The van der Waals surface area contributed by atoms with E-state index in [4.69, 9.17) is 14.3 Å². The zero-order chi connectivity index (χ0) is 21.3. The number of carbonyl (C=O) groups is 1. The molecule has 0 spiro atoms. The lowest BCUT2D eigenvalue weighted by Gasteiger charge is -2.19. The average molecular weight is 394 g/mol. The Kier molecular flexibility index (Phi) is 5.51. The second-order valence-electron chi connectivity index (χ2n) is 8.44. The summed E-state index contributed by atoms with van der Waals surface area (Å²) in [7, 11) is 0. The van der Waals surface area contributed by atoms with Crippen LogP contribution in [0.5, 0.6) is 5.75 Å². The van der Waals surface area contributed by atoms with E-state index in [1.807, 2.05) is 26.0 Å². The Morgan fingerprint density at radius 3 is 2.34 bits per heavy atom. The van der Waals surface area contributed by atoms with Gasteiger partial charge in [-0.05, 0) is 53.6 Å². The first-order valence-corrected chi connectivity index (χ1v) is 9.57. The van der Waals surface area contributed by atoms with E-state index >= 15 is 0 Å². The second kappa shape index (κ2) is 7.74. The molecule has 0 aliphatic rings. The molecule has 5 nitrogen and oxygen atoms in total. The van der Waals surface area contributed by atoms with Gasteiger partial charge in [-0.15, -0.1) is 0 Å². The number of ether oxygens (including phenoxy) is 1. The summed E-state index contributed by atoms with van der Waals surface area (Å²) >= 11 is 0. The molecule has 1 heterocycles. The third-order valence-corrected chi connectivity index (χ3v) is 5.04. The Balaban J connectivity index is 2.06. The van der Waals surface area contributed by atoms with Gasteiger partial charge in [0.25, 0.3) is 0 Å². The fraction of sp³-hybridized carbons (Fsp3) is 0.333. The minimum Gasteiger partial charge on any atom is -0.481 e. The summed E-state index contributed by atoms with van der Waals surface area (Å²) in [5, 5.41) is 9.60. The highest BCUT2D eigenvalue weighted by Gasteiger charge is 2.18. The Morgan fingerprint density at radius 2 is 1.76 bits per heavy atom. The van der Waals surface area contributed by atoms with Crippen LogP contribution in [-0.2, 0) is 16.6 Å². The van der Waals surface area contributed by atoms with Crippen LogP contribution in [0.3, 0.4) is 0 Å². The van der Waals surface area contributed by atoms with Gasteiger partial charge in [0.1, 0.15) is 11.3 Å². The standard InChI is InChI=1S/C24H26O5/c1-14-10-19(28-13-21(25)26)22-15(2)18(23(27)29-20(22)11-14)12-16-6-8-17(9-7-16)24(3,4)5/h6-11H,12-13H2,1-5H3,(H,25,26). The van der Waals surface area contributed by atoms with Gasteiger partial charge in [-0.25, -0.2) is 9.59 Å². The predicted octanol–water partition coefficient (Wildman–Crippen LogP) is 4.76. The van der Waals surface area contributed by atoms with Crippen molar-refractivity contribution in [2.24, 2.45) is 0 Å². The molecule has 5 heteroatoms. The molecular formula is C24H26O5. The Labute approximate surface area is 169 Å². The van der Waals surface area contributed by atoms with Crippen LogP contribution in [0.1, 0.15) is 48.6 Å². The summed E-state index contributed by atoms with van der Waals surface area (Å²) in [5.74, 6) is -0.651. The van der Waals surface area contributed by atoms with Crippen LogP contribution in [0.15, 0.2) is 45.6 Å². The molecule has 0 amide bonds. The number of carboxylic acids is 1. The Bertz CT molecular complexity index is 1120. The van der Waals surface area contributed by atoms with Crippen LogP contribution in [0, 0.1) is 13.8 Å². The molecule has 0 fully saturated rings. The van der Waals surface area contributed by atoms with Gasteiger partial charge in [-0.3, -0.25) is 0 Å². The average Bonchev–Trinajstić information content (AvgIpc) is 2.62. The van der Waals surface area contributed by atoms with E-state index in [9.17, 15) is 9.59 Å². The monoisotopic (exact) mass is 394 g/mol. The largest absolute Gasteiger partial charge is 0.481 e. The summed E-state index contributed by atoms with van der Waals surface area (Å²) in [4.78, 5) is 23.6. The van der Waals surface area contributed by atoms with Crippen molar-refractivity contribution in [3.63, 3.8) is 0 Å². The van der Waals surface area contributed by atoms with E-state index in [1.54, 1.807) is 12.1 Å². The summed E-state index contributed by atoms with van der Waals surface area (Å²) in [6.07, 6.45) is 0.431. The first kappa shape index (κ1) is 20.6. The highest BCUT2D eigenvalue weighted by Crippen LogP contribution is 2.32. The van der Waals surface area contributed by atoms with E-state index in [1.165, 1.54) is 5.56 Å². The third-order valence-electron chi connectivity index (χ3n) is 5.04. The van der Waals surface area contributed by atoms with Crippen molar-refractivity contribution in [3.05, 3.63) is 74.6 Å². The lowest BCUT2D eigenvalue weighted by atomic mass is 9.86. The molecule has 0 radical (unpaired) electrons. The maximum Gasteiger partial charge on any atom is 0.341 e. The normalized spacial score (nSPS) is 11.6. The van der Waals surface area contributed by atoms with Crippen LogP contribution in [0.2, 0.25) is 0 Å². The summed E-state index contributed by atoms with van der Waals surface area (Å²) in [6.45, 7) is 9.70. The van der Waals surface area contributed by atoms with Gasteiger partial charge in [0.2, 0.25) is 0 Å². The first-order chi connectivity index (χ1) is 13.6. The van der Waals surface area contributed by atoms with Gasteiger partial charge in [0, 0.05) is 12.0 Å². The minimum absolute atomic E-state index is 0.0602. The molecule has 29 heavy (non-hydrogen) atoms. The topological polar surface area (TPSA) is 76.7 Å². The lowest BCUT2D eigenvalue weighted by molar-refractivity contribution is -0.139. The van der Waals surface area contributed by atoms with Gasteiger partial charge < -0.3 is 14.3 Å². The Morgan fingerprint density at radius 1 is 1.10 bits per heavy atom. The van der Waals surface area contributed by atoms with Gasteiger partial charge in [-0.1, -0.05) is 45.0 Å². The molecule has 152 valence electrons. The molecule has 0 saturated carbocycles. The molecular weight excluding hydrogens is 368 g/mol. The molecule has 0 atom stereocenters. The molecule has 1 N–H and O–H groups in total. The number of aryl methyl sites for hydroxylation is 2. The van der Waals surface area contributed by atoms with E-state index in [0.717, 1.165) is 16.7 Å². The fourth-order valence-electron chi connectivity index (χ4n) is 3.42. The number of carboxylic acid groups (broad SMARTS) is 1. The number of benzene rings is 2. The molecule has 0 aliphatic carbocycles. The minimum atomic E-state index is -1.06. The molecule has 3 rings (SSSR count). The molecule has 0 unspecified atom stereocenters. The SMILES string of the molecule is Cc1cc(OCC(=O)O)c2c(C)c(Cc3ccc(C(C)(C)C)cc3)c(=O)oc2c1. The van der Waals surface area contributed by atoms with Gasteiger partial charge in [0.05, 0.1) is 5.39 Å². The third kappa shape index (κ3) is 4.50. The first-order valence-electron chi connectivity index (χ1n) is 9.57. The molecule has 0 aliphatic heterocycles. The number of aliphatic carboxylic acids is 1. The summed E-state index contributed by atoms with van der Waals surface area (Å²) in [6, 6.07) is 11.7. The van der Waals surface area contributed by atoms with Crippen molar-refractivity contribution < 1.29 is 19.1 Å². The van der Waals surface area contributed by atoms with E-state index in [0.29, 0.717) is 28.7 Å². The Hall–Kier alpha value is -3.08. The van der Waals surface area contributed by atoms with Crippen LogP contribution in [-0.4, -0.2) is 17.7 Å². The number of hydrogen-bond acceptors (Lipinski definition) is 4. The maximum atomic E-state index is 12.7. The maximum absolute atomic E-state index is 12.7. The van der Waals surface area contributed by atoms with Crippen LogP contribution in [0.25, 0.3) is 11.0 Å². The lowest BCUT2D eigenvalue weighted by Crippen LogP contribution is -2.14. The molecule has 3 aromatic rings. The van der Waals surface area contributed by atoms with Crippen LogP contribution >= 0.6 is 0 Å². The van der Waals surface area contributed by atoms with Gasteiger partial charge in [0.15, 0.2) is 6.61 Å². The van der Waals surface area contributed by atoms with Crippen molar-refractivity contribution in [1.82, 2.24) is 0 Å². The van der Waals surface area contributed by atoms with Crippen molar-refractivity contribution in [1.29, 1.82) is 0 Å². The summed E-state index contributed by atoms with van der Waals surface area (Å²) in [5.41, 5.74) is 4.43. The zero-order valence-electron chi connectivity index (χ0n) is 17.5. The van der Waals surface area contributed by atoms with Crippen molar-refractivity contribution >= 4 is 16.9 Å². The fourth-order valence-corrected chi connectivity index (χ4v) is 3.42. The number of rotatable bonds is 5. The van der Waals surface area contributed by atoms with Crippen molar-refractivity contribution in [3.8, 4) is 5.75 Å². The van der Waals surface area contributed by atoms with E-state index < -0.39 is 12.6 Å². The zero-order valence-corrected chi connectivity index (χ0v) is 17.5. The van der Waals surface area contributed by atoms with Crippen molar-refractivity contribution in [2.75, 3.05) is 6.61 Å². The van der Waals surface area contributed by atoms with E-state index in [2.05, 4.69) is 32.9 Å². The van der Waals surface area contributed by atoms with Crippen molar-refractivity contribution in [2.45, 2.75) is 46.5 Å². The summed E-state index contributed by atoms with van der Waals surface area (Å²) < 4.78 is 11.0. The number of fused-ring (bicyclic) bond motifs is 1. The van der Waals surface area contributed by atoms with Gasteiger partial charge >= 0.3 is 11.6 Å². The molecule has 1 aromatic heterocycles. The van der Waals surface area contributed by atoms with Gasteiger partial charge in [-0.2, -0.15) is 0 Å².